The van der Waals surface area contributed by atoms with Gasteiger partial charge in [0.1, 0.15) is 0 Å². The smallest absolute Gasteiger partial charge is 0.325 e. The van der Waals surface area contributed by atoms with Crippen molar-refractivity contribution in [1.29, 1.82) is 0 Å². The van der Waals surface area contributed by atoms with Crippen molar-refractivity contribution in [2.45, 2.75) is 11.3 Å². The molecule has 4 aromatic rings. The summed E-state index contributed by atoms with van der Waals surface area (Å²) >= 11 is 1.05. The lowest BCUT2D eigenvalue weighted by Crippen LogP contribution is -2.18. The number of amides is 1. The van der Waals surface area contributed by atoms with Gasteiger partial charge in [-0.3, -0.25) is 4.79 Å². The number of benzene rings is 3. The van der Waals surface area contributed by atoms with E-state index in [1.165, 1.54) is 18.2 Å². The molecule has 1 amide bonds. The van der Waals surface area contributed by atoms with Gasteiger partial charge < -0.3 is 5.32 Å². The first-order valence-corrected chi connectivity index (χ1v) is 10.6. The summed E-state index contributed by atoms with van der Waals surface area (Å²) in [5, 5.41) is 7.17. The quantitative estimate of drug-likeness (QED) is 0.381. The second-order valence-corrected chi connectivity index (χ2v) is 7.65. The molecule has 1 N–H and O–H groups in total. The van der Waals surface area contributed by atoms with Gasteiger partial charge in [0.05, 0.1) is 22.7 Å². The third-order valence-electron chi connectivity index (χ3n) is 4.46. The number of rotatable bonds is 6. The Balaban J connectivity index is 1.53. The molecule has 0 aliphatic rings. The third kappa shape index (κ3) is 5.00. The zero-order chi connectivity index (χ0) is 22.6. The highest BCUT2D eigenvalue weighted by Crippen LogP contribution is 2.34. The van der Waals surface area contributed by atoms with E-state index in [0.717, 1.165) is 29.1 Å². The molecule has 0 saturated carbocycles. The topological polar surface area (TPSA) is 59.8 Å². The number of nitrogens with one attached hydrogen (secondary N) is 1. The van der Waals surface area contributed by atoms with E-state index in [0.29, 0.717) is 11.0 Å². The SMILES string of the molecule is O=C(CSc1nc(-c2ccccc2)n(-c2ccccc2)n1)Nc1ccccc1C(F)(F)F. The minimum Gasteiger partial charge on any atom is -0.325 e. The number of alkyl halides is 3. The monoisotopic (exact) mass is 454 g/mol. The highest BCUT2D eigenvalue weighted by molar-refractivity contribution is 7.99. The lowest BCUT2D eigenvalue weighted by Gasteiger charge is -2.13. The van der Waals surface area contributed by atoms with Gasteiger partial charge in [-0.1, -0.05) is 72.4 Å². The molecule has 0 aliphatic carbocycles. The van der Waals surface area contributed by atoms with E-state index in [-0.39, 0.29) is 11.4 Å². The Morgan fingerprint density at radius 3 is 2.22 bits per heavy atom. The molecule has 0 fully saturated rings. The molecule has 3 aromatic carbocycles. The van der Waals surface area contributed by atoms with Crippen LogP contribution in [0.4, 0.5) is 18.9 Å². The summed E-state index contributed by atoms with van der Waals surface area (Å²) < 4.78 is 41.1. The van der Waals surface area contributed by atoms with Gasteiger partial charge in [-0.05, 0) is 24.3 Å². The van der Waals surface area contributed by atoms with Gasteiger partial charge in [0.25, 0.3) is 0 Å². The van der Waals surface area contributed by atoms with Crippen molar-refractivity contribution in [3.63, 3.8) is 0 Å². The normalized spacial score (nSPS) is 11.3. The lowest BCUT2D eigenvalue weighted by atomic mass is 10.1. The summed E-state index contributed by atoms with van der Waals surface area (Å²) in [7, 11) is 0. The van der Waals surface area contributed by atoms with Crippen molar-refractivity contribution < 1.29 is 18.0 Å². The van der Waals surface area contributed by atoms with Gasteiger partial charge in [-0.2, -0.15) is 13.2 Å². The van der Waals surface area contributed by atoms with E-state index in [9.17, 15) is 18.0 Å². The fraction of sp³-hybridized carbons (Fsp3) is 0.0870. The molecule has 0 aliphatic heterocycles. The number of carbonyl (C=O) groups is 1. The average Bonchev–Trinajstić information content (AvgIpc) is 3.23. The fourth-order valence-corrected chi connectivity index (χ4v) is 3.66. The van der Waals surface area contributed by atoms with Crippen LogP contribution in [0.15, 0.2) is 90.1 Å². The molecule has 0 saturated heterocycles. The number of anilines is 1. The van der Waals surface area contributed by atoms with Gasteiger partial charge in [-0.25, -0.2) is 9.67 Å². The predicted molar refractivity (Wildman–Crippen MR) is 118 cm³/mol. The first-order valence-electron chi connectivity index (χ1n) is 9.58. The number of hydrogen-bond acceptors (Lipinski definition) is 4. The number of hydrogen-bond donors (Lipinski definition) is 1. The molecular weight excluding hydrogens is 437 g/mol. The minimum absolute atomic E-state index is 0.140. The lowest BCUT2D eigenvalue weighted by molar-refractivity contribution is -0.137. The Labute approximate surface area is 186 Å². The number of nitrogens with zero attached hydrogens (tertiary/aromatic N) is 3. The zero-order valence-corrected chi connectivity index (χ0v) is 17.4. The van der Waals surface area contributed by atoms with Gasteiger partial charge >= 0.3 is 6.18 Å². The average molecular weight is 454 g/mol. The highest BCUT2D eigenvalue weighted by atomic mass is 32.2. The maximum absolute atomic E-state index is 13.1. The molecule has 9 heteroatoms. The summed E-state index contributed by atoms with van der Waals surface area (Å²) in [4.78, 5) is 16.9. The molecule has 0 bridgehead atoms. The maximum Gasteiger partial charge on any atom is 0.418 e. The first-order chi connectivity index (χ1) is 15.4. The van der Waals surface area contributed by atoms with Crippen molar-refractivity contribution in [3.8, 4) is 17.1 Å². The van der Waals surface area contributed by atoms with Crippen LogP contribution in [0.2, 0.25) is 0 Å². The Bertz CT molecular complexity index is 1150. The van der Waals surface area contributed by atoms with Crippen LogP contribution < -0.4 is 5.32 Å². The van der Waals surface area contributed by atoms with Crippen LogP contribution in [-0.2, 0) is 11.0 Å². The maximum atomic E-state index is 13.1. The van der Waals surface area contributed by atoms with Gasteiger partial charge in [-0.15, -0.1) is 5.10 Å². The Hall–Kier alpha value is -3.59. The molecule has 0 atom stereocenters. The molecule has 162 valence electrons. The third-order valence-corrected chi connectivity index (χ3v) is 5.30. The van der Waals surface area contributed by atoms with E-state index in [1.807, 2.05) is 60.7 Å². The Morgan fingerprint density at radius 2 is 1.53 bits per heavy atom. The van der Waals surface area contributed by atoms with Crippen molar-refractivity contribution in [1.82, 2.24) is 14.8 Å². The fourth-order valence-electron chi connectivity index (χ4n) is 3.03. The van der Waals surface area contributed by atoms with E-state index in [4.69, 9.17) is 0 Å². The van der Waals surface area contributed by atoms with E-state index in [1.54, 1.807) is 4.68 Å². The molecule has 4 rings (SSSR count). The van der Waals surface area contributed by atoms with Gasteiger partial charge in [0.15, 0.2) is 5.82 Å². The molecule has 0 spiro atoms. The molecule has 1 heterocycles. The molecule has 0 unspecified atom stereocenters. The largest absolute Gasteiger partial charge is 0.418 e. The zero-order valence-electron chi connectivity index (χ0n) is 16.6. The minimum atomic E-state index is -4.56. The number of halogens is 3. The number of para-hydroxylation sites is 2. The van der Waals surface area contributed by atoms with Crippen molar-refractivity contribution in [3.05, 3.63) is 90.5 Å². The van der Waals surface area contributed by atoms with E-state index < -0.39 is 17.6 Å². The molecule has 0 radical (unpaired) electrons. The van der Waals surface area contributed by atoms with E-state index >= 15 is 0 Å². The standard InChI is InChI=1S/C23H17F3N4OS/c24-23(25,26)18-13-7-8-14-19(18)27-20(31)15-32-22-28-21(16-9-3-1-4-10-16)30(29-22)17-11-5-2-6-12-17/h1-14H,15H2,(H,27,31). The van der Waals surface area contributed by atoms with Crippen molar-refractivity contribution in [2.75, 3.05) is 11.1 Å². The number of thioether (sulfide) groups is 1. The summed E-state index contributed by atoms with van der Waals surface area (Å²) in [6.45, 7) is 0. The second-order valence-electron chi connectivity index (χ2n) is 6.71. The molecule has 5 nitrogen and oxygen atoms in total. The van der Waals surface area contributed by atoms with Crippen LogP contribution >= 0.6 is 11.8 Å². The van der Waals surface area contributed by atoms with Crippen LogP contribution in [0, 0.1) is 0 Å². The van der Waals surface area contributed by atoms with Crippen LogP contribution in [0.3, 0.4) is 0 Å². The summed E-state index contributed by atoms with van der Waals surface area (Å²) in [6.07, 6.45) is -4.56. The van der Waals surface area contributed by atoms with Crippen LogP contribution in [0.25, 0.3) is 17.1 Å². The van der Waals surface area contributed by atoms with E-state index in [2.05, 4.69) is 15.4 Å². The van der Waals surface area contributed by atoms with Crippen molar-refractivity contribution in [2.24, 2.45) is 0 Å². The molecule has 1 aromatic heterocycles. The highest BCUT2D eigenvalue weighted by Gasteiger charge is 2.33. The van der Waals surface area contributed by atoms with Crippen molar-refractivity contribution >= 4 is 23.4 Å². The Morgan fingerprint density at radius 1 is 0.906 bits per heavy atom. The molecule has 32 heavy (non-hydrogen) atoms. The summed E-state index contributed by atoms with van der Waals surface area (Å²) in [5.74, 6) is -0.120. The second kappa shape index (κ2) is 9.27. The van der Waals surface area contributed by atoms with Crippen LogP contribution in [0.5, 0.6) is 0 Å². The van der Waals surface area contributed by atoms with Gasteiger partial charge in [0.2, 0.25) is 11.1 Å². The number of carbonyl (C=O) groups excluding carboxylic acids is 1. The molecular formula is C23H17F3N4OS. The first kappa shape index (κ1) is 21.6. The van der Waals surface area contributed by atoms with Crippen LogP contribution in [-0.4, -0.2) is 26.4 Å². The predicted octanol–water partition coefficient (Wildman–Crippen LogP) is 5.68. The van der Waals surface area contributed by atoms with Crippen LogP contribution in [0.1, 0.15) is 5.56 Å². The summed E-state index contributed by atoms with van der Waals surface area (Å²) in [6, 6.07) is 23.8. The summed E-state index contributed by atoms with van der Waals surface area (Å²) in [5.41, 5.74) is 0.475. The Kier molecular flexibility index (Phi) is 6.27. The van der Waals surface area contributed by atoms with Gasteiger partial charge in [0, 0.05) is 5.56 Å². The number of aromatic nitrogens is 3.